The van der Waals surface area contributed by atoms with Gasteiger partial charge in [-0.15, -0.1) is 0 Å². The number of rotatable bonds is 3. The van der Waals surface area contributed by atoms with Gasteiger partial charge >= 0.3 is 0 Å². The summed E-state index contributed by atoms with van der Waals surface area (Å²) in [6.45, 7) is 0.575. The molecule has 1 heterocycles. The number of hydrogen-bond donors (Lipinski definition) is 0. The van der Waals surface area contributed by atoms with Crippen LogP contribution < -0.4 is 0 Å². The number of hydrogen-bond acceptors (Lipinski definition) is 4. The van der Waals surface area contributed by atoms with Crippen molar-refractivity contribution in [1.82, 2.24) is 4.90 Å². The summed E-state index contributed by atoms with van der Waals surface area (Å²) in [5.74, 6) is -0.287. The Labute approximate surface area is 100 Å². The molecule has 0 atom stereocenters. The summed E-state index contributed by atoms with van der Waals surface area (Å²) in [6, 6.07) is 5.12. The molecule has 0 N–H and O–H groups in total. The second kappa shape index (κ2) is 4.12. The summed E-state index contributed by atoms with van der Waals surface area (Å²) in [4.78, 5) is 13.3. The quantitative estimate of drug-likeness (QED) is 0.748. The molecule has 5 nitrogen and oxygen atoms in total. The van der Waals surface area contributed by atoms with E-state index < -0.39 is 10.1 Å². The van der Waals surface area contributed by atoms with Crippen LogP contribution in [0.2, 0.25) is 0 Å². The smallest absolute Gasteiger partial charge is 0.271 e. The summed E-state index contributed by atoms with van der Waals surface area (Å²) >= 11 is 0. The Bertz CT molecular complexity index is 565. The standard InChI is InChI=1S/C11H13NO4S/c1-12-6-9-4-3-8(5-10(9)11(12)13)7-17(14,15)16-2/h3-5H,6-7H2,1-2H3. The molecule has 92 valence electrons. The van der Waals surface area contributed by atoms with Crippen molar-refractivity contribution < 1.29 is 17.4 Å². The maximum atomic E-state index is 11.7. The molecule has 1 aromatic carbocycles. The number of carbonyl (C=O) groups is 1. The first-order valence-corrected chi connectivity index (χ1v) is 6.66. The fraction of sp³-hybridized carbons (Fsp3) is 0.364. The fourth-order valence-electron chi connectivity index (χ4n) is 1.85. The molecule has 0 saturated carbocycles. The molecule has 1 aliphatic rings. The third-order valence-electron chi connectivity index (χ3n) is 2.76. The average Bonchev–Trinajstić information content (AvgIpc) is 2.55. The van der Waals surface area contributed by atoms with Gasteiger partial charge in [0.05, 0.1) is 7.11 Å². The first-order valence-electron chi connectivity index (χ1n) is 5.08. The van der Waals surface area contributed by atoms with Gasteiger partial charge in [0.25, 0.3) is 16.0 Å². The highest BCUT2D eigenvalue weighted by Gasteiger charge is 2.25. The largest absolute Gasteiger partial charge is 0.337 e. The summed E-state index contributed by atoms with van der Waals surface area (Å²) in [6.07, 6.45) is 0. The van der Waals surface area contributed by atoms with Crippen LogP contribution in [0, 0.1) is 0 Å². The van der Waals surface area contributed by atoms with Crippen LogP contribution in [0.1, 0.15) is 21.5 Å². The van der Waals surface area contributed by atoms with Crippen LogP contribution in [0.25, 0.3) is 0 Å². The lowest BCUT2D eigenvalue weighted by Crippen LogP contribution is -2.17. The maximum Gasteiger partial charge on any atom is 0.271 e. The maximum absolute atomic E-state index is 11.7. The van der Waals surface area contributed by atoms with Crippen molar-refractivity contribution in [2.75, 3.05) is 14.2 Å². The number of nitrogens with zero attached hydrogens (tertiary/aromatic N) is 1. The lowest BCUT2D eigenvalue weighted by Gasteiger charge is -2.04. The van der Waals surface area contributed by atoms with E-state index in [9.17, 15) is 13.2 Å². The molecule has 0 radical (unpaired) electrons. The van der Waals surface area contributed by atoms with Crippen molar-refractivity contribution in [3.63, 3.8) is 0 Å². The van der Waals surface area contributed by atoms with E-state index >= 15 is 0 Å². The Kier molecular flexibility index (Phi) is 2.92. The van der Waals surface area contributed by atoms with Gasteiger partial charge in [0.1, 0.15) is 5.75 Å². The molecular weight excluding hydrogens is 242 g/mol. The Morgan fingerprint density at radius 2 is 2.12 bits per heavy atom. The van der Waals surface area contributed by atoms with E-state index in [2.05, 4.69) is 4.18 Å². The number of carbonyl (C=O) groups excluding carboxylic acids is 1. The van der Waals surface area contributed by atoms with Crippen molar-refractivity contribution in [2.45, 2.75) is 12.3 Å². The second-order valence-corrected chi connectivity index (χ2v) is 5.76. The van der Waals surface area contributed by atoms with Crippen molar-refractivity contribution in [1.29, 1.82) is 0 Å². The van der Waals surface area contributed by atoms with Crippen LogP contribution in [0.3, 0.4) is 0 Å². The minimum absolute atomic E-state index is 0.0725. The molecule has 0 aliphatic carbocycles. The van der Waals surface area contributed by atoms with Crippen LogP contribution in [0.5, 0.6) is 0 Å². The predicted molar refractivity (Wildman–Crippen MR) is 61.9 cm³/mol. The van der Waals surface area contributed by atoms with E-state index in [4.69, 9.17) is 0 Å². The summed E-state index contributed by atoms with van der Waals surface area (Å²) in [5.41, 5.74) is 2.07. The molecule has 0 spiro atoms. The minimum Gasteiger partial charge on any atom is -0.337 e. The summed E-state index contributed by atoms with van der Waals surface area (Å²) in [5, 5.41) is 0. The minimum atomic E-state index is -3.55. The normalized spacial score (nSPS) is 15.2. The molecule has 2 rings (SSSR count). The Hall–Kier alpha value is -1.40. The van der Waals surface area contributed by atoms with Crippen LogP contribution in [-0.4, -0.2) is 33.4 Å². The lowest BCUT2D eigenvalue weighted by atomic mass is 10.1. The van der Waals surface area contributed by atoms with Crippen LogP contribution in [0.15, 0.2) is 18.2 Å². The zero-order valence-electron chi connectivity index (χ0n) is 9.63. The summed E-state index contributed by atoms with van der Waals surface area (Å²) in [7, 11) is -0.703. The van der Waals surface area contributed by atoms with Crippen molar-refractivity contribution in [3.05, 3.63) is 34.9 Å². The SMILES string of the molecule is COS(=O)(=O)Cc1ccc2c(c1)C(=O)N(C)C2. The first kappa shape index (κ1) is 12.1. The van der Waals surface area contributed by atoms with Crippen molar-refractivity contribution in [2.24, 2.45) is 0 Å². The lowest BCUT2D eigenvalue weighted by molar-refractivity contribution is 0.0816. The molecular formula is C11H13NO4S. The molecule has 0 aromatic heterocycles. The van der Waals surface area contributed by atoms with E-state index in [0.29, 0.717) is 17.7 Å². The van der Waals surface area contributed by atoms with E-state index in [0.717, 1.165) is 12.7 Å². The highest BCUT2D eigenvalue weighted by molar-refractivity contribution is 7.85. The predicted octanol–water partition coefficient (Wildman–Crippen LogP) is 0.748. The first-order chi connectivity index (χ1) is 7.93. The van der Waals surface area contributed by atoms with Gasteiger partial charge in [-0.1, -0.05) is 12.1 Å². The zero-order chi connectivity index (χ0) is 12.6. The summed E-state index contributed by atoms with van der Waals surface area (Å²) < 4.78 is 27.0. The van der Waals surface area contributed by atoms with Crippen LogP contribution >= 0.6 is 0 Å². The van der Waals surface area contributed by atoms with E-state index in [1.54, 1.807) is 30.1 Å². The molecule has 1 aliphatic heterocycles. The molecule has 0 fully saturated rings. The second-order valence-electron chi connectivity index (χ2n) is 4.02. The van der Waals surface area contributed by atoms with E-state index in [-0.39, 0.29) is 11.7 Å². The molecule has 0 unspecified atom stereocenters. The van der Waals surface area contributed by atoms with Gasteiger partial charge in [-0.3, -0.25) is 8.98 Å². The van der Waals surface area contributed by atoms with Crippen LogP contribution in [0.4, 0.5) is 0 Å². The molecule has 17 heavy (non-hydrogen) atoms. The van der Waals surface area contributed by atoms with Crippen LogP contribution in [-0.2, 0) is 26.6 Å². The molecule has 0 saturated heterocycles. The van der Waals surface area contributed by atoms with E-state index in [1.165, 1.54) is 0 Å². The van der Waals surface area contributed by atoms with Gasteiger partial charge in [-0.05, 0) is 17.2 Å². The van der Waals surface area contributed by atoms with Gasteiger partial charge in [-0.2, -0.15) is 8.42 Å². The van der Waals surface area contributed by atoms with Crippen molar-refractivity contribution in [3.8, 4) is 0 Å². The Balaban J connectivity index is 2.33. The highest BCUT2D eigenvalue weighted by Crippen LogP contribution is 2.23. The van der Waals surface area contributed by atoms with Gasteiger partial charge < -0.3 is 4.90 Å². The molecule has 1 aromatic rings. The average molecular weight is 255 g/mol. The third kappa shape index (κ3) is 2.32. The number of fused-ring (bicyclic) bond motifs is 1. The Morgan fingerprint density at radius 3 is 2.76 bits per heavy atom. The molecule has 6 heteroatoms. The van der Waals surface area contributed by atoms with Gasteiger partial charge in [0.15, 0.2) is 0 Å². The van der Waals surface area contributed by atoms with Gasteiger partial charge in [0, 0.05) is 19.2 Å². The molecule has 1 amide bonds. The Morgan fingerprint density at radius 1 is 1.41 bits per heavy atom. The van der Waals surface area contributed by atoms with Gasteiger partial charge in [0.2, 0.25) is 0 Å². The third-order valence-corrected chi connectivity index (χ3v) is 3.95. The number of benzene rings is 1. The monoisotopic (exact) mass is 255 g/mol. The fourth-order valence-corrected chi connectivity index (χ4v) is 2.55. The topological polar surface area (TPSA) is 63.7 Å². The molecule has 0 bridgehead atoms. The zero-order valence-corrected chi connectivity index (χ0v) is 10.5. The van der Waals surface area contributed by atoms with Gasteiger partial charge in [-0.25, -0.2) is 0 Å². The highest BCUT2D eigenvalue weighted by atomic mass is 32.2. The number of amides is 1. The van der Waals surface area contributed by atoms with Crippen molar-refractivity contribution >= 4 is 16.0 Å². The van der Waals surface area contributed by atoms with E-state index in [1.807, 2.05) is 0 Å².